The molecule has 2 aliphatic heterocycles. The average Bonchev–Trinajstić information content (AvgIpc) is 2.74. The minimum Gasteiger partial charge on any atom is -0.370 e. The lowest BCUT2D eigenvalue weighted by Gasteiger charge is -1.98. The highest BCUT2D eigenvalue weighted by atomic mass is 16.6. The second-order valence-electron chi connectivity index (χ2n) is 3.32. The molecule has 2 fully saturated rings. The zero-order valence-corrected chi connectivity index (χ0v) is 6.17. The molecule has 0 aliphatic carbocycles. The van der Waals surface area contributed by atoms with Gasteiger partial charge in [0.15, 0.2) is 0 Å². The number of hydrogen-bond acceptors (Lipinski definition) is 2. The molecule has 0 aromatic rings. The van der Waals surface area contributed by atoms with Gasteiger partial charge in [-0.1, -0.05) is 6.08 Å². The molecule has 10 heavy (non-hydrogen) atoms. The van der Waals surface area contributed by atoms with Crippen molar-refractivity contribution < 1.29 is 9.47 Å². The molecule has 0 bridgehead atoms. The summed E-state index contributed by atoms with van der Waals surface area (Å²) in [4.78, 5) is 0. The van der Waals surface area contributed by atoms with Crippen LogP contribution < -0.4 is 0 Å². The van der Waals surface area contributed by atoms with Crippen LogP contribution in [0.4, 0.5) is 0 Å². The normalized spacial score (nSPS) is 50.5. The van der Waals surface area contributed by atoms with Gasteiger partial charge in [-0.25, -0.2) is 0 Å². The van der Waals surface area contributed by atoms with Crippen molar-refractivity contribution in [1.82, 2.24) is 0 Å². The van der Waals surface area contributed by atoms with Crippen LogP contribution in [0.2, 0.25) is 0 Å². The van der Waals surface area contributed by atoms with Gasteiger partial charge in [-0.3, -0.25) is 0 Å². The van der Waals surface area contributed by atoms with E-state index in [0.717, 1.165) is 13.0 Å². The molecule has 0 radical (unpaired) electrons. The highest BCUT2D eigenvalue weighted by molar-refractivity contribution is 5.03. The molecule has 0 saturated carbocycles. The number of hydrogen-bond donors (Lipinski definition) is 0. The number of epoxide rings is 2. The molecule has 0 N–H and O–H groups in total. The van der Waals surface area contributed by atoms with Crippen molar-refractivity contribution in [2.45, 2.75) is 31.2 Å². The van der Waals surface area contributed by atoms with E-state index in [2.05, 4.69) is 13.5 Å². The van der Waals surface area contributed by atoms with Gasteiger partial charge in [0.25, 0.3) is 0 Å². The maximum Gasteiger partial charge on any atom is 0.102 e. The summed E-state index contributed by atoms with van der Waals surface area (Å²) in [6.45, 7) is 6.68. The third-order valence-electron chi connectivity index (χ3n) is 2.12. The second kappa shape index (κ2) is 1.83. The van der Waals surface area contributed by atoms with E-state index in [1.807, 2.05) is 6.08 Å². The van der Waals surface area contributed by atoms with E-state index in [-0.39, 0.29) is 5.60 Å². The summed E-state index contributed by atoms with van der Waals surface area (Å²) < 4.78 is 10.5. The summed E-state index contributed by atoms with van der Waals surface area (Å²) in [6.07, 6.45) is 3.59. The molecule has 3 atom stereocenters. The van der Waals surface area contributed by atoms with Crippen molar-refractivity contribution in [2.75, 3.05) is 6.61 Å². The van der Waals surface area contributed by atoms with E-state index in [1.165, 1.54) is 0 Å². The largest absolute Gasteiger partial charge is 0.370 e. The predicted molar refractivity (Wildman–Crippen MR) is 37.8 cm³/mol. The standard InChI is InChI=1S/C8H12O2/c1-3-6-7(10-6)4-8(2)5-9-8/h3,6-7H,1,4-5H2,2H3/t6-,7-,8?/m1/s1. The Morgan fingerprint density at radius 3 is 2.90 bits per heavy atom. The Balaban J connectivity index is 1.78. The van der Waals surface area contributed by atoms with E-state index in [4.69, 9.17) is 9.47 Å². The van der Waals surface area contributed by atoms with Gasteiger partial charge in [0.1, 0.15) is 6.10 Å². The van der Waals surface area contributed by atoms with Crippen LogP contribution in [0.15, 0.2) is 12.7 Å². The fourth-order valence-electron chi connectivity index (χ4n) is 1.19. The van der Waals surface area contributed by atoms with Crippen LogP contribution >= 0.6 is 0 Å². The summed E-state index contributed by atoms with van der Waals surface area (Å²) in [5, 5.41) is 0. The van der Waals surface area contributed by atoms with Crippen molar-refractivity contribution in [1.29, 1.82) is 0 Å². The Labute approximate surface area is 60.8 Å². The molecular formula is C8H12O2. The smallest absolute Gasteiger partial charge is 0.102 e. The van der Waals surface area contributed by atoms with E-state index in [0.29, 0.717) is 12.2 Å². The monoisotopic (exact) mass is 140 g/mol. The highest BCUT2D eigenvalue weighted by Crippen LogP contribution is 2.38. The van der Waals surface area contributed by atoms with E-state index < -0.39 is 0 Å². The Kier molecular flexibility index (Phi) is 1.17. The lowest BCUT2D eigenvalue weighted by Crippen LogP contribution is -2.09. The number of ether oxygens (including phenoxy) is 2. The molecule has 1 unspecified atom stereocenters. The third-order valence-corrected chi connectivity index (χ3v) is 2.12. The van der Waals surface area contributed by atoms with Gasteiger partial charge in [-0.05, 0) is 6.92 Å². The molecule has 0 aromatic carbocycles. The first-order chi connectivity index (χ1) is 4.73. The quantitative estimate of drug-likeness (QED) is 0.433. The summed E-state index contributed by atoms with van der Waals surface area (Å²) in [7, 11) is 0. The zero-order valence-electron chi connectivity index (χ0n) is 6.17. The van der Waals surface area contributed by atoms with Crippen molar-refractivity contribution in [3.63, 3.8) is 0 Å². The second-order valence-corrected chi connectivity index (χ2v) is 3.32. The molecule has 0 amide bonds. The zero-order chi connectivity index (χ0) is 7.19. The molecule has 2 aliphatic rings. The fraction of sp³-hybridized carbons (Fsp3) is 0.750. The maximum atomic E-state index is 5.28. The molecule has 0 spiro atoms. The fourth-order valence-corrected chi connectivity index (χ4v) is 1.19. The van der Waals surface area contributed by atoms with Crippen LogP contribution in [0.25, 0.3) is 0 Å². The molecule has 2 saturated heterocycles. The molecule has 0 aromatic heterocycles. The third kappa shape index (κ3) is 1.09. The topological polar surface area (TPSA) is 25.1 Å². The van der Waals surface area contributed by atoms with Crippen LogP contribution in [-0.4, -0.2) is 24.4 Å². The van der Waals surface area contributed by atoms with Gasteiger partial charge in [0.2, 0.25) is 0 Å². The molecule has 2 nitrogen and oxygen atoms in total. The van der Waals surface area contributed by atoms with Crippen LogP contribution in [0.1, 0.15) is 13.3 Å². The van der Waals surface area contributed by atoms with Gasteiger partial charge >= 0.3 is 0 Å². The molecule has 56 valence electrons. The van der Waals surface area contributed by atoms with Crippen molar-refractivity contribution >= 4 is 0 Å². The average molecular weight is 140 g/mol. The van der Waals surface area contributed by atoms with Crippen LogP contribution in [0.5, 0.6) is 0 Å². The van der Waals surface area contributed by atoms with Gasteiger partial charge in [-0.15, -0.1) is 6.58 Å². The minimum atomic E-state index is 0.141. The van der Waals surface area contributed by atoms with Crippen molar-refractivity contribution in [3.05, 3.63) is 12.7 Å². The van der Waals surface area contributed by atoms with Gasteiger partial charge < -0.3 is 9.47 Å². The number of rotatable bonds is 3. The SMILES string of the molecule is C=C[C@H]1O[C@@H]1CC1(C)CO1. The van der Waals surface area contributed by atoms with Crippen molar-refractivity contribution in [2.24, 2.45) is 0 Å². The van der Waals surface area contributed by atoms with Crippen LogP contribution in [0.3, 0.4) is 0 Å². The highest BCUT2D eigenvalue weighted by Gasteiger charge is 2.48. The first kappa shape index (κ1) is 6.38. The van der Waals surface area contributed by atoms with Crippen molar-refractivity contribution in [3.8, 4) is 0 Å². The predicted octanol–water partition coefficient (Wildman–Crippen LogP) is 1.12. The van der Waals surface area contributed by atoms with E-state index in [9.17, 15) is 0 Å². The lowest BCUT2D eigenvalue weighted by atomic mass is 10.1. The Morgan fingerprint density at radius 2 is 2.50 bits per heavy atom. The van der Waals surface area contributed by atoms with Crippen LogP contribution in [0, 0.1) is 0 Å². The molecule has 2 rings (SSSR count). The van der Waals surface area contributed by atoms with E-state index in [1.54, 1.807) is 0 Å². The first-order valence-corrected chi connectivity index (χ1v) is 3.65. The maximum absolute atomic E-state index is 5.28. The van der Waals surface area contributed by atoms with Gasteiger partial charge in [0.05, 0.1) is 18.3 Å². The minimum absolute atomic E-state index is 0.141. The summed E-state index contributed by atoms with van der Waals surface area (Å²) >= 11 is 0. The Hall–Kier alpha value is -0.340. The summed E-state index contributed by atoms with van der Waals surface area (Å²) in [6, 6.07) is 0. The van der Waals surface area contributed by atoms with Gasteiger partial charge in [0, 0.05) is 6.42 Å². The molecule has 2 heteroatoms. The van der Waals surface area contributed by atoms with Crippen LogP contribution in [-0.2, 0) is 9.47 Å². The molecule has 2 heterocycles. The Morgan fingerprint density at radius 1 is 1.80 bits per heavy atom. The first-order valence-electron chi connectivity index (χ1n) is 3.65. The van der Waals surface area contributed by atoms with Gasteiger partial charge in [-0.2, -0.15) is 0 Å². The van der Waals surface area contributed by atoms with E-state index >= 15 is 0 Å². The molecular weight excluding hydrogens is 128 g/mol. The summed E-state index contributed by atoms with van der Waals surface area (Å²) in [5.41, 5.74) is 0.141. The lowest BCUT2D eigenvalue weighted by molar-refractivity contribution is 0.275. The summed E-state index contributed by atoms with van der Waals surface area (Å²) in [5.74, 6) is 0. The Bertz CT molecular complexity index is 161.